The van der Waals surface area contributed by atoms with Gasteiger partial charge in [0, 0.05) is 6.61 Å². The summed E-state index contributed by atoms with van der Waals surface area (Å²) in [5.74, 6) is 0.153. The number of hydrogen-bond donors (Lipinski definition) is 4. The van der Waals surface area contributed by atoms with Crippen molar-refractivity contribution in [2.24, 2.45) is 0 Å². The summed E-state index contributed by atoms with van der Waals surface area (Å²) < 4.78 is 41.8. The number of nitrogens with two attached hydrogens (primary N) is 1. The van der Waals surface area contributed by atoms with Crippen molar-refractivity contribution in [3.63, 3.8) is 0 Å². The molecule has 0 aliphatic rings. The highest BCUT2D eigenvalue weighted by Gasteiger charge is 2.35. The molecule has 6 atom stereocenters. The minimum absolute atomic E-state index is 0.124. The van der Waals surface area contributed by atoms with E-state index < -0.39 is 44.9 Å². The summed E-state index contributed by atoms with van der Waals surface area (Å²) in [6.45, 7) is 3.73. The molecule has 2 heterocycles. The lowest BCUT2D eigenvalue weighted by molar-refractivity contribution is -0.0954. The maximum absolute atomic E-state index is 13.0. The lowest BCUT2D eigenvalue weighted by atomic mass is 10.0. The average molecular weight is 790 g/mol. The van der Waals surface area contributed by atoms with Gasteiger partial charge in [-0.25, -0.2) is 14.1 Å². The Morgan fingerprint density at radius 2 is 1.38 bits per heavy atom. The van der Waals surface area contributed by atoms with Crippen LogP contribution in [0.4, 0.5) is 5.82 Å². The molecule has 14 nitrogen and oxygen atoms in total. The highest BCUT2D eigenvalue weighted by Crippen LogP contribution is 2.44. The zero-order valence-electron chi connectivity index (χ0n) is 32.8. The molecule has 0 saturated heterocycles. The number of phosphoric acid groups is 1. The second-order valence-corrected chi connectivity index (χ2v) is 15.6. The Kier molecular flexibility index (Phi) is 22.4. The first-order valence-electron chi connectivity index (χ1n) is 20.0. The zero-order valence-corrected chi connectivity index (χ0v) is 33.6. The number of benzene rings is 1. The molecule has 5 N–H and O–H groups in total. The fourth-order valence-corrected chi connectivity index (χ4v) is 7.09. The Morgan fingerprint density at radius 1 is 0.818 bits per heavy atom. The van der Waals surface area contributed by atoms with E-state index in [2.05, 4.69) is 17.0 Å². The van der Waals surface area contributed by atoms with Gasteiger partial charge in [-0.05, 0) is 31.0 Å². The predicted octanol–water partition coefficient (Wildman–Crippen LogP) is 7.96. The number of ether oxygens (including phenoxy) is 3. The molecule has 0 fully saturated rings. The molecular weight excluding hydrogens is 725 g/mol. The van der Waals surface area contributed by atoms with Gasteiger partial charge in [0.25, 0.3) is 6.26 Å². The quantitative estimate of drug-likeness (QED) is 0.0270. The number of aromatic nitrogens is 3. The maximum atomic E-state index is 13.0. The van der Waals surface area contributed by atoms with E-state index >= 15 is 0 Å². The van der Waals surface area contributed by atoms with Gasteiger partial charge in [0.2, 0.25) is 0 Å². The van der Waals surface area contributed by atoms with Crippen LogP contribution in [-0.4, -0.2) is 73.9 Å². The van der Waals surface area contributed by atoms with Crippen molar-refractivity contribution in [1.29, 1.82) is 5.26 Å². The van der Waals surface area contributed by atoms with E-state index in [1.807, 2.05) is 37.3 Å². The third kappa shape index (κ3) is 17.7. The summed E-state index contributed by atoms with van der Waals surface area (Å²) in [4.78, 5) is 14.4. The molecule has 1 unspecified atom stereocenters. The molecule has 308 valence electrons. The van der Waals surface area contributed by atoms with Crippen LogP contribution in [0.2, 0.25) is 0 Å². The Hall–Kier alpha value is -3.12. The molecule has 55 heavy (non-hydrogen) atoms. The Labute approximate surface area is 326 Å². The SMILES string of the molecule is CCCCCCCCCCCCCCCCCCO[C@H](C)[C@H](COP(=O)(O)OC[C@@H](OC#N)[C@@H](O)[C@@H](O)c1ccc2c(N)ncnn12)OCc1ccccc1. The summed E-state index contributed by atoms with van der Waals surface area (Å²) in [7, 11) is -4.76. The van der Waals surface area contributed by atoms with Crippen LogP contribution in [0.3, 0.4) is 0 Å². The van der Waals surface area contributed by atoms with Crippen molar-refractivity contribution in [2.75, 3.05) is 25.6 Å². The van der Waals surface area contributed by atoms with Crippen molar-refractivity contribution in [2.45, 2.75) is 154 Å². The molecule has 3 aromatic rings. The molecule has 0 spiro atoms. The van der Waals surface area contributed by atoms with Gasteiger partial charge in [-0.2, -0.15) is 10.4 Å². The van der Waals surface area contributed by atoms with E-state index in [-0.39, 0.29) is 24.7 Å². The summed E-state index contributed by atoms with van der Waals surface area (Å²) in [6.07, 6.45) is 17.0. The Balaban J connectivity index is 1.40. The van der Waals surface area contributed by atoms with Crippen molar-refractivity contribution in [3.8, 4) is 6.26 Å². The smallest absolute Gasteiger partial charge is 0.419 e. The number of aliphatic hydroxyl groups is 2. The van der Waals surface area contributed by atoms with Gasteiger partial charge < -0.3 is 35.1 Å². The van der Waals surface area contributed by atoms with Crippen LogP contribution < -0.4 is 5.73 Å². The summed E-state index contributed by atoms with van der Waals surface area (Å²) in [5.41, 5.74) is 7.28. The first kappa shape index (κ1) is 46.3. The van der Waals surface area contributed by atoms with E-state index in [0.717, 1.165) is 24.8 Å². The maximum Gasteiger partial charge on any atom is 0.472 e. The normalized spacial score (nSPS) is 15.6. The highest BCUT2D eigenvalue weighted by atomic mass is 31.2. The molecule has 0 aliphatic heterocycles. The third-order valence-corrected chi connectivity index (χ3v) is 10.7. The van der Waals surface area contributed by atoms with Gasteiger partial charge in [0.1, 0.15) is 30.2 Å². The first-order valence-corrected chi connectivity index (χ1v) is 21.5. The number of aliphatic hydroxyl groups excluding tert-OH is 2. The van der Waals surface area contributed by atoms with Crippen molar-refractivity contribution in [3.05, 3.63) is 60.0 Å². The number of hydrogen-bond acceptors (Lipinski definition) is 12. The number of phosphoric ester groups is 1. The Bertz CT molecular complexity index is 1540. The van der Waals surface area contributed by atoms with Crippen molar-refractivity contribution < 1.29 is 42.9 Å². The van der Waals surface area contributed by atoms with Crippen LogP contribution in [-0.2, 0) is 34.4 Å². The molecule has 1 aromatic carbocycles. The van der Waals surface area contributed by atoms with E-state index in [4.69, 9.17) is 29.0 Å². The Morgan fingerprint density at radius 3 is 1.96 bits per heavy atom. The van der Waals surface area contributed by atoms with Crippen LogP contribution in [0.25, 0.3) is 5.52 Å². The standard InChI is InChI=1S/C40H64N5O9P/c1-3-4-5-6-7-8-9-10-11-12-13-14-15-16-17-21-26-50-32(2)36(51-27-33-22-19-18-20-23-33)28-53-55(48,49)54-29-37(52-30-41)39(47)38(46)34-24-25-35-40(42)43-31-44-45(34)35/h18-20,22-25,31-32,36-39,46-47H,3-17,21,26-29H2,1-2H3,(H,48,49)(H2,42,43,44)/t32-,36+,37-,38+,39-/m1/s1. The number of unbranched alkanes of at least 4 members (excludes halogenated alkanes) is 15. The van der Waals surface area contributed by atoms with Crippen molar-refractivity contribution >= 4 is 19.2 Å². The van der Waals surface area contributed by atoms with Gasteiger partial charge in [-0.1, -0.05) is 134 Å². The number of nitriles is 1. The molecular formula is C40H64N5O9P. The topological polar surface area (TPSA) is 204 Å². The summed E-state index contributed by atoms with van der Waals surface area (Å²) in [5, 5.41) is 35.0. The molecule has 15 heteroatoms. The van der Waals surface area contributed by atoms with Crippen LogP contribution >= 0.6 is 7.82 Å². The molecule has 0 amide bonds. The highest BCUT2D eigenvalue weighted by molar-refractivity contribution is 7.47. The molecule has 0 radical (unpaired) electrons. The van der Waals surface area contributed by atoms with Gasteiger partial charge in [0.15, 0.2) is 11.9 Å². The van der Waals surface area contributed by atoms with E-state index in [0.29, 0.717) is 12.1 Å². The van der Waals surface area contributed by atoms with Gasteiger partial charge in [0.05, 0.1) is 31.6 Å². The lowest BCUT2D eigenvalue weighted by Gasteiger charge is -2.27. The van der Waals surface area contributed by atoms with Gasteiger partial charge in [-0.3, -0.25) is 9.05 Å². The second-order valence-electron chi connectivity index (χ2n) is 14.2. The second kappa shape index (κ2) is 26.7. The number of anilines is 1. The van der Waals surface area contributed by atoms with E-state index in [1.165, 1.54) is 107 Å². The third-order valence-electron chi connectivity index (χ3n) is 9.74. The molecule has 2 aromatic heterocycles. The van der Waals surface area contributed by atoms with Crippen LogP contribution in [0.15, 0.2) is 48.8 Å². The summed E-state index contributed by atoms with van der Waals surface area (Å²) in [6, 6.07) is 12.5. The largest absolute Gasteiger partial charge is 0.472 e. The fourth-order valence-electron chi connectivity index (χ4n) is 6.34. The monoisotopic (exact) mass is 789 g/mol. The van der Waals surface area contributed by atoms with E-state index in [1.54, 1.807) is 6.07 Å². The zero-order chi connectivity index (χ0) is 39.7. The number of nitrogens with zero attached hydrogens (tertiary/aromatic N) is 4. The van der Waals surface area contributed by atoms with Crippen molar-refractivity contribution in [1.82, 2.24) is 14.6 Å². The summed E-state index contributed by atoms with van der Waals surface area (Å²) >= 11 is 0. The number of nitrogen functional groups attached to an aromatic ring is 1. The number of fused-ring (bicyclic) bond motifs is 1. The number of rotatable bonds is 32. The molecule has 3 rings (SSSR count). The minimum atomic E-state index is -4.76. The lowest BCUT2D eigenvalue weighted by Crippen LogP contribution is -2.37. The fraction of sp³-hybridized carbons (Fsp3) is 0.675. The van der Waals surface area contributed by atoms with Crippen LogP contribution in [0.1, 0.15) is 134 Å². The predicted molar refractivity (Wildman–Crippen MR) is 211 cm³/mol. The van der Waals surface area contributed by atoms with Gasteiger partial charge >= 0.3 is 7.82 Å². The molecule has 0 bridgehead atoms. The molecule has 0 aliphatic carbocycles. The minimum Gasteiger partial charge on any atom is -0.419 e. The average Bonchev–Trinajstić information content (AvgIpc) is 3.63. The van der Waals surface area contributed by atoms with Gasteiger partial charge in [-0.15, -0.1) is 0 Å². The first-order chi connectivity index (χ1) is 26.7. The van der Waals surface area contributed by atoms with Crippen LogP contribution in [0, 0.1) is 11.5 Å². The molecule has 0 saturated carbocycles. The van der Waals surface area contributed by atoms with E-state index in [9.17, 15) is 24.9 Å². The van der Waals surface area contributed by atoms with Crippen LogP contribution in [0.5, 0.6) is 0 Å².